The maximum atomic E-state index is 3.52. The first-order valence-electron chi connectivity index (χ1n) is 6.37. The van der Waals surface area contributed by atoms with Gasteiger partial charge in [-0.2, -0.15) is 0 Å². The number of fused-ring (bicyclic) bond motifs is 1. The molecular formula is C15H16N2. The highest BCUT2D eigenvalue weighted by atomic mass is 15.5. The molecule has 1 aromatic carbocycles. The molecule has 1 saturated heterocycles. The highest BCUT2D eigenvalue weighted by Crippen LogP contribution is 2.48. The van der Waals surface area contributed by atoms with Crippen molar-refractivity contribution in [2.45, 2.75) is 24.8 Å². The van der Waals surface area contributed by atoms with E-state index in [2.05, 4.69) is 52.9 Å². The molecule has 0 spiro atoms. The summed E-state index contributed by atoms with van der Waals surface area (Å²) < 4.78 is 0. The van der Waals surface area contributed by atoms with E-state index >= 15 is 0 Å². The van der Waals surface area contributed by atoms with Gasteiger partial charge in [-0.1, -0.05) is 36.4 Å². The number of nitrogens with zero attached hydrogens (tertiary/aromatic N) is 1. The molecule has 3 aliphatic rings. The number of nitrogens with one attached hydrogen (secondary N) is 1. The van der Waals surface area contributed by atoms with Gasteiger partial charge in [-0.25, -0.2) is 5.43 Å². The fourth-order valence-corrected chi connectivity index (χ4v) is 3.58. The van der Waals surface area contributed by atoms with Gasteiger partial charge >= 0.3 is 0 Å². The zero-order valence-corrected chi connectivity index (χ0v) is 9.82. The Balaban J connectivity index is 1.99. The van der Waals surface area contributed by atoms with E-state index in [9.17, 15) is 0 Å². The van der Waals surface area contributed by atoms with Gasteiger partial charge in [0.25, 0.3) is 0 Å². The minimum atomic E-state index is 0.245. The third-order valence-electron chi connectivity index (χ3n) is 4.35. The zero-order valence-electron chi connectivity index (χ0n) is 9.82. The largest absolute Gasteiger partial charge is 0.307 e. The summed E-state index contributed by atoms with van der Waals surface area (Å²) in [6.07, 6.45) is 9.15. The monoisotopic (exact) mass is 224 g/mol. The molecule has 0 radical (unpaired) electrons. The maximum Gasteiger partial charge on any atom is 0.0594 e. The summed E-state index contributed by atoms with van der Waals surface area (Å²) in [6, 6.07) is 8.93. The first-order chi connectivity index (χ1) is 8.40. The van der Waals surface area contributed by atoms with E-state index in [0.29, 0.717) is 0 Å². The van der Waals surface area contributed by atoms with Crippen molar-refractivity contribution in [1.29, 1.82) is 0 Å². The Labute approximate surface area is 102 Å². The molecule has 1 aliphatic carbocycles. The molecule has 86 valence electrons. The normalized spacial score (nSPS) is 29.4. The Morgan fingerprint density at radius 2 is 2.18 bits per heavy atom. The van der Waals surface area contributed by atoms with Crippen LogP contribution in [0.2, 0.25) is 0 Å². The van der Waals surface area contributed by atoms with Crippen LogP contribution >= 0.6 is 0 Å². The second kappa shape index (κ2) is 3.23. The zero-order chi connectivity index (χ0) is 11.3. The summed E-state index contributed by atoms with van der Waals surface area (Å²) in [6.45, 7) is 2.08. The van der Waals surface area contributed by atoms with Crippen LogP contribution in [0.1, 0.15) is 24.0 Å². The van der Waals surface area contributed by atoms with Crippen molar-refractivity contribution in [2.24, 2.45) is 0 Å². The van der Waals surface area contributed by atoms with Crippen LogP contribution in [-0.2, 0) is 12.0 Å². The van der Waals surface area contributed by atoms with Crippen LogP contribution in [0.3, 0.4) is 0 Å². The van der Waals surface area contributed by atoms with Crippen LogP contribution in [0.4, 0.5) is 0 Å². The molecule has 1 unspecified atom stereocenters. The lowest BCUT2D eigenvalue weighted by Crippen LogP contribution is -2.55. The number of hydrazine groups is 1. The Bertz CT molecular complexity index is 529. The SMILES string of the molecule is C1=CCC23CCNN(Cc4ccccc42)C3=C1. The molecule has 2 nitrogen and oxygen atoms in total. The molecule has 2 bridgehead atoms. The van der Waals surface area contributed by atoms with Gasteiger partial charge in [-0.05, 0) is 30.0 Å². The third-order valence-corrected chi connectivity index (χ3v) is 4.35. The fraction of sp³-hybridized carbons (Fsp3) is 0.333. The van der Waals surface area contributed by atoms with Crippen LogP contribution in [0.15, 0.2) is 48.2 Å². The first-order valence-corrected chi connectivity index (χ1v) is 6.37. The van der Waals surface area contributed by atoms with Gasteiger partial charge in [0.1, 0.15) is 0 Å². The van der Waals surface area contributed by atoms with Crippen molar-refractivity contribution in [3.05, 3.63) is 59.3 Å². The highest BCUT2D eigenvalue weighted by Gasteiger charge is 2.45. The summed E-state index contributed by atoms with van der Waals surface area (Å²) >= 11 is 0. The Kier molecular flexibility index (Phi) is 1.80. The van der Waals surface area contributed by atoms with E-state index in [0.717, 1.165) is 19.5 Å². The summed E-state index contributed by atoms with van der Waals surface area (Å²) in [5, 5.41) is 2.34. The maximum absolute atomic E-state index is 3.52. The third kappa shape index (κ3) is 1.14. The van der Waals surface area contributed by atoms with Crippen molar-refractivity contribution < 1.29 is 0 Å². The van der Waals surface area contributed by atoms with Gasteiger partial charge in [-0.3, -0.25) is 0 Å². The molecule has 4 rings (SSSR count). The number of allylic oxidation sites excluding steroid dienone is 4. The average molecular weight is 224 g/mol. The predicted octanol–water partition coefficient (Wildman–Crippen LogP) is 2.49. The summed E-state index contributed by atoms with van der Waals surface area (Å²) in [5.41, 5.74) is 8.25. The predicted molar refractivity (Wildman–Crippen MR) is 68.1 cm³/mol. The van der Waals surface area contributed by atoms with Crippen molar-refractivity contribution >= 4 is 0 Å². The Morgan fingerprint density at radius 1 is 1.24 bits per heavy atom. The molecule has 1 fully saturated rings. The minimum absolute atomic E-state index is 0.245. The van der Waals surface area contributed by atoms with Gasteiger partial charge in [0.05, 0.1) is 6.54 Å². The molecule has 1 atom stereocenters. The molecule has 2 heteroatoms. The summed E-state index contributed by atoms with van der Waals surface area (Å²) in [7, 11) is 0. The first kappa shape index (κ1) is 9.49. The molecule has 17 heavy (non-hydrogen) atoms. The molecule has 1 aromatic rings. The van der Waals surface area contributed by atoms with E-state index in [1.54, 1.807) is 5.56 Å². The van der Waals surface area contributed by atoms with Crippen molar-refractivity contribution in [1.82, 2.24) is 10.4 Å². The quantitative estimate of drug-likeness (QED) is 0.728. The molecule has 0 aromatic heterocycles. The van der Waals surface area contributed by atoms with Gasteiger partial charge < -0.3 is 5.01 Å². The summed E-state index contributed by atoms with van der Waals surface area (Å²) in [4.78, 5) is 0. The van der Waals surface area contributed by atoms with Crippen molar-refractivity contribution in [2.75, 3.05) is 6.54 Å². The lowest BCUT2D eigenvalue weighted by molar-refractivity contribution is 0.125. The van der Waals surface area contributed by atoms with Crippen LogP contribution in [0.5, 0.6) is 0 Å². The topological polar surface area (TPSA) is 15.3 Å². The van der Waals surface area contributed by atoms with Crippen molar-refractivity contribution in [3.8, 4) is 0 Å². The van der Waals surface area contributed by atoms with E-state index in [4.69, 9.17) is 0 Å². The van der Waals surface area contributed by atoms with Crippen LogP contribution < -0.4 is 5.43 Å². The highest BCUT2D eigenvalue weighted by molar-refractivity contribution is 5.48. The van der Waals surface area contributed by atoms with Gasteiger partial charge in [0.2, 0.25) is 0 Å². The van der Waals surface area contributed by atoms with E-state index in [1.165, 1.54) is 17.7 Å². The van der Waals surface area contributed by atoms with E-state index < -0.39 is 0 Å². The fourth-order valence-electron chi connectivity index (χ4n) is 3.58. The standard InChI is InChI=1S/C15H16N2/c1-2-6-13-12(5-1)11-17-14-7-3-4-8-15(13,14)9-10-16-17/h1-7,16H,8-11H2. The molecular weight excluding hydrogens is 208 g/mol. The van der Waals surface area contributed by atoms with Gasteiger partial charge in [-0.15, -0.1) is 0 Å². The molecule has 2 heterocycles. The summed E-state index contributed by atoms with van der Waals surface area (Å²) in [5.74, 6) is 0. The number of hydrogen-bond acceptors (Lipinski definition) is 2. The van der Waals surface area contributed by atoms with Crippen LogP contribution in [0.25, 0.3) is 0 Å². The van der Waals surface area contributed by atoms with Crippen molar-refractivity contribution in [3.63, 3.8) is 0 Å². The van der Waals surface area contributed by atoms with Crippen LogP contribution in [0, 0.1) is 0 Å². The molecule has 1 N–H and O–H groups in total. The lowest BCUT2D eigenvalue weighted by atomic mass is 9.66. The van der Waals surface area contributed by atoms with E-state index in [-0.39, 0.29) is 5.41 Å². The smallest absolute Gasteiger partial charge is 0.0594 e. The average Bonchev–Trinajstić information content (AvgIpc) is 2.39. The molecule has 2 aliphatic heterocycles. The van der Waals surface area contributed by atoms with Crippen LogP contribution in [-0.4, -0.2) is 11.6 Å². The Morgan fingerprint density at radius 3 is 3.18 bits per heavy atom. The number of hydrogen-bond donors (Lipinski definition) is 1. The second-order valence-corrected chi connectivity index (χ2v) is 5.17. The molecule has 0 amide bonds. The minimum Gasteiger partial charge on any atom is -0.307 e. The van der Waals surface area contributed by atoms with E-state index in [1.807, 2.05) is 0 Å². The number of benzene rings is 1. The number of rotatable bonds is 0. The lowest BCUT2D eigenvalue weighted by Gasteiger charge is -2.52. The van der Waals surface area contributed by atoms with Gasteiger partial charge in [0, 0.05) is 17.7 Å². The van der Waals surface area contributed by atoms with Gasteiger partial charge in [0.15, 0.2) is 0 Å². The Hall–Kier alpha value is -1.54. The molecule has 0 saturated carbocycles. The second-order valence-electron chi connectivity index (χ2n) is 5.17.